The first-order chi connectivity index (χ1) is 15.6. The van der Waals surface area contributed by atoms with Crippen LogP contribution in [0.25, 0.3) is 0 Å². The highest BCUT2D eigenvalue weighted by Gasteiger charge is 2.33. The highest BCUT2D eigenvalue weighted by atomic mass is 19.4. The second-order valence-corrected chi connectivity index (χ2v) is 7.35. The molecule has 4 rings (SSSR count). The maximum absolute atomic E-state index is 13.3. The summed E-state index contributed by atoms with van der Waals surface area (Å²) in [6, 6.07) is 7.77. The van der Waals surface area contributed by atoms with Crippen LogP contribution >= 0.6 is 0 Å². The third-order valence-corrected chi connectivity index (χ3v) is 5.18. The van der Waals surface area contributed by atoms with Crippen molar-refractivity contribution < 1.29 is 31.5 Å². The maximum Gasteiger partial charge on any atom is 0.416 e. The van der Waals surface area contributed by atoms with E-state index in [0.717, 1.165) is 24.3 Å². The minimum absolute atomic E-state index is 0.0363. The van der Waals surface area contributed by atoms with Crippen LogP contribution in [0.3, 0.4) is 0 Å². The number of aryl methyl sites for hydroxylation is 1. The van der Waals surface area contributed by atoms with Crippen molar-refractivity contribution in [3.8, 4) is 5.75 Å². The van der Waals surface area contributed by atoms with Crippen molar-refractivity contribution in [2.45, 2.75) is 25.1 Å². The second kappa shape index (κ2) is 8.64. The Balaban J connectivity index is 1.56. The Morgan fingerprint density at radius 3 is 2.45 bits per heavy atom. The van der Waals surface area contributed by atoms with E-state index in [0.29, 0.717) is 24.0 Å². The standard InChI is InChI=1S/C22H17F5N4O2/c1-33-16-6-7-19(28-13-9-17(23)30-18(24)10-13)31-20(16)21(32)29-15-5-2-11-8-12(22(25,26)27)3-4-14(11)15/h3-4,6-10,15H,2,5H2,1H3,(H,29,32)(H,28,30,31). The van der Waals surface area contributed by atoms with Crippen molar-refractivity contribution in [3.63, 3.8) is 0 Å². The summed E-state index contributed by atoms with van der Waals surface area (Å²) in [5.41, 5.74) is 0.325. The van der Waals surface area contributed by atoms with Gasteiger partial charge in [0.15, 0.2) is 5.69 Å². The number of carbonyl (C=O) groups is 1. The molecule has 2 aromatic heterocycles. The topological polar surface area (TPSA) is 76.1 Å². The fourth-order valence-corrected chi connectivity index (χ4v) is 3.70. The number of rotatable bonds is 5. The van der Waals surface area contributed by atoms with E-state index in [1.165, 1.54) is 25.3 Å². The lowest BCUT2D eigenvalue weighted by atomic mass is 10.0. The Morgan fingerprint density at radius 1 is 1.06 bits per heavy atom. The van der Waals surface area contributed by atoms with E-state index in [1.54, 1.807) is 0 Å². The van der Waals surface area contributed by atoms with Crippen molar-refractivity contribution in [2.75, 3.05) is 12.4 Å². The molecule has 2 N–H and O–H groups in total. The Hall–Kier alpha value is -3.76. The van der Waals surface area contributed by atoms with Crippen molar-refractivity contribution >= 4 is 17.4 Å². The number of alkyl halides is 3. The molecule has 172 valence electrons. The van der Waals surface area contributed by atoms with E-state index in [2.05, 4.69) is 20.6 Å². The zero-order valence-electron chi connectivity index (χ0n) is 17.1. The molecule has 3 aromatic rings. The summed E-state index contributed by atoms with van der Waals surface area (Å²) in [6.07, 6.45) is -3.63. The van der Waals surface area contributed by atoms with Crippen molar-refractivity contribution in [2.24, 2.45) is 0 Å². The van der Waals surface area contributed by atoms with Crippen LogP contribution in [-0.4, -0.2) is 23.0 Å². The lowest BCUT2D eigenvalue weighted by Crippen LogP contribution is -2.28. The second-order valence-electron chi connectivity index (χ2n) is 7.35. The zero-order valence-corrected chi connectivity index (χ0v) is 17.1. The van der Waals surface area contributed by atoms with Gasteiger partial charge in [-0.15, -0.1) is 0 Å². The Morgan fingerprint density at radius 2 is 1.79 bits per heavy atom. The summed E-state index contributed by atoms with van der Waals surface area (Å²) < 4.78 is 70.8. The quantitative estimate of drug-likeness (QED) is 0.413. The normalized spacial score (nSPS) is 15.2. The molecule has 0 radical (unpaired) electrons. The highest BCUT2D eigenvalue weighted by molar-refractivity contribution is 5.95. The maximum atomic E-state index is 13.3. The van der Waals surface area contributed by atoms with Crippen LogP contribution in [-0.2, 0) is 12.6 Å². The molecule has 0 saturated carbocycles. The molecule has 0 spiro atoms. The Labute approximate surface area is 184 Å². The van der Waals surface area contributed by atoms with E-state index >= 15 is 0 Å². The third-order valence-electron chi connectivity index (χ3n) is 5.18. The molecule has 6 nitrogen and oxygen atoms in total. The van der Waals surface area contributed by atoms with E-state index in [4.69, 9.17) is 4.74 Å². The van der Waals surface area contributed by atoms with Crippen LogP contribution in [0.1, 0.15) is 39.6 Å². The Kier molecular flexibility index (Phi) is 5.88. The molecule has 0 bridgehead atoms. The fourth-order valence-electron chi connectivity index (χ4n) is 3.70. The van der Waals surface area contributed by atoms with Gasteiger partial charge in [-0.1, -0.05) is 6.07 Å². The van der Waals surface area contributed by atoms with E-state index in [9.17, 15) is 26.7 Å². The summed E-state index contributed by atoms with van der Waals surface area (Å²) in [4.78, 5) is 20.1. The molecule has 1 aliphatic rings. The molecule has 1 amide bonds. The van der Waals surface area contributed by atoms with Crippen molar-refractivity contribution in [1.29, 1.82) is 0 Å². The monoisotopic (exact) mass is 464 g/mol. The molecule has 1 unspecified atom stereocenters. The van der Waals surface area contributed by atoms with Gasteiger partial charge in [-0.05, 0) is 48.2 Å². The summed E-state index contributed by atoms with van der Waals surface area (Å²) >= 11 is 0. The third kappa shape index (κ3) is 4.86. The van der Waals surface area contributed by atoms with Gasteiger partial charge in [-0.25, -0.2) is 4.98 Å². The fraction of sp³-hybridized carbons (Fsp3) is 0.227. The van der Waals surface area contributed by atoms with Gasteiger partial charge in [0.05, 0.1) is 18.7 Å². The lowest BCUT2D eigenvalue weighted by molar-refractivity contribution is -0.137. The minimum Gasteiger partial charge on any atom is -0.494 e. The Bertz CT molecular complexity index is 1200. The molecular weight excluding hydrogens is 447 g/mol. The van der Waals surface area contributed by atoms with Crippen molar-refractivity contribution in [1.82, 2.24) is 15.3 Å². The molecule has 2 heterocycles. The average molecular weight is 464 g/mol. The van der Waals surface area contributed by atoms with Crippen LogP contribution in [0.5, 0.6) is 5.75 Å². The number of nitrogens with one attached hydrogen (secondary N) is 2. The highest BCUT2D eigenvalue weighted by Crippen LogP contribution is 2.37. The molecule has 1 atom stereocenters. The van der Waals surface area contributed by atoms with Gasteiger partial charge in [0.25, 0.3) is 5.91 Å². The number of methoxy groups -OCH3 is 1. The van der Waals surface area contributed by atoms with Gasteiger partial charge in [-0.2, -0.15) is 26.9 Å². The van der Waals surface area contributed by atoms with Gasteiger partial charge >= 0.3 is 6.18 Å². The lowest BCUT2D eigenvalue weighted by Gasteiger charge is -2.16. The number of hydrogen-bond acceptors (Lipinski definition) is 5. The van der Waals surface area contributed by atoms with Crippen molar-refractivity contribution in [3.05, 3.63) is 76.7 Å². The first-order valence-electron chi connectivity index (χ1n) is 9.80. The van der Waals surface area contributed by atoms with E-state index in [-0.39, 0.29) is 22.9 Å². The summed E-state index contributed by atoms with van der Waals surface area (Å²) in [5.74, 6) is -2.40. The van der Waals surface area contributed by atoms with Gasteiger partial charge in [-0.3, -0.25) is 4.79 Å². The van der Waals surface area contributed by atoms with Gasteiger partial charge < -0.3 is 15.4 Å². The van der Waals surface area contributed by atoms with E-state index < -0.39 is 35.6 Å². The molecule has 1 aromatic carbocycles. The molecule has 0 fully saturated rings. The molecule has 0 saturated heterocycles. The number of benzene rings is 1. The van der Waals surface area contributed by atoms with Gasteiger partial charge in [0, 0.05) is 17.8 Å². The smallest absolute Gasteiger partial charge is 0.416 e. The number of aromatic nitrogens is 2. The van der Waals surface area contributed by atoms with Gasteiger partial charge in [0.2, 0.25) is 11.9 Å². The molecular formula is C22H17F5N4O2. The number of anilines is 2. The summed E-state index contributed by atoms with van der Waals surface area (Å²) in [5, 5.41) is 5.46. The summed E-state index contributed by atoms with van der Waals surface area (Å²) in [6.45, 7) is 0. The van der Waals surface area contributed by atoms with E-state index in [1.807, 2.05) is 0 Å². The van der Waals surface area contributed by atoms with Crippen LogP contribution in [0.15, 0.2) is 42.5 Å². The number of halogens is 5. The van der Waals surface area contributed by atoms with Gasteiger partial charge in [0.1, 0.15) is 11.6 Å². The summed E-state index contributed by atoms with van der Waals surface area (Å²) in [7, 11) is 1.35. The van der Waals surface area contributed by atoms with Crippen LogP contribution < -0.4 is 15.4 Å². The number of fused-ring (bicyclic) bond motifs is 1. The predicted molar refractivity (Wildman–Crippen MR) is 108 cm³/mol. The minimum atomic E-state index is -4.44. The van der Waals surface area contributed by atoms with Crippen LogP contribution in [0, 0.1) is 11.9 Å². The molecule has 33 heavy (non-hydrogen) atoms. The van der Waals surface area contributed by atoms with Crippen LogP contribution in [0.2, 0.25) is 0 Å². The number of hydrogen-bond donors (Lipinski definition) is 2. The first-order valence-corrected chi connectivity index (χ1v) is 9.80. The predicted octanol–water partition coefficient (Wildman–Crippen LogP) is 4.94. The largest absolute Gasteiger partial charge is 0.494 e. The zero-order chi connectivity index (χ0) is 23.8. The average Bonchev–Trinajstić information content (AvgIpc) is 3.14. The number of amides is 1. The number of nitrogens with zero attached hydrogens (tertiary/aromatic N) is 2. The number of ether oxygens (including phenoxy) is 1. The molecule has 0 aliphatic heterocycles. The number of carbonyl (C=O) groups excluding carboxylic acids is 1. The molecule has 1 aliphatic carbocycles. The number of pyridine rings is 2. The first kappa shape index (κ1) is 22.4. The van der Waals surface area contributed by atoms with Crippen LogP contribution in [0.4, 0.5) is 33.5 Å². The molecule has 11 heteroatoms. The SMILES string of the molecule is COc1ccc(Nc2cc(F)nc(F)c2)nc1C(=O)NC1CCc2cc(C(F)(F)F)ccc21.